The molecule has 0 aromatic rings. The fraction of sp³-hybridized carbons (Fsp3) is 0.840. The third-order valence-corrected chi connectivity index (χ3v) is 21.6. The van der Waals surface area contributed by atoms with E-state index in [4.69, 9.17) is 4.74 Å². The van der Waals surface area contributed by atoms with Crippen molar-refractivity contribution in [2.75, 3.05) is 88.2 Å². The van der Waals surface area contributed by atoms with E-state index in [1.54, 1.807) is 34.6 Å². The Bertz CT molecular complexity index is 2870. The van der Waals surface area contributed by atoms with E-state index < -0.39 is 182 Å². The van der Waals surface area contributed by atoms with Gasteiger partial charge in [-0.3, -0.25) is 57.5 Å². The van der Waals surface area contributed by atoms with Crippen molar-refractivity contribution in [1.82, 2.24) is 60.5 Å². The highest BCUT2D eigenvalue weighted by Crippen LogP contribution is 2.32. The number of hydrogen-bond acceptors (Lipinski definition) is 15. The van der Waals surface area contributed by atoms with Gasteiger partial charge in [-0.2, -0.15) is 13.2 Å². The molecule has 600 valence electrons. The summed E-state index contributed by atoms with van der Waals surface area (Å²) >= 11 is 0. The molecule has 0 radical (unpaired) electrons. The summed E-state index contributed by atoms with van der Waals surface area (Å²) in [6.07, 6.45) is 1.32. The minimum Gasteiger partial charge on any atom is -0.391 e. The van der Waals surface area contributed by atoms with Crippen LogP contribution in [0.5, 0.6) is 0 Å². The Hall–Kier alpha value is -6.69. The Morgan fingerprint density at radius 3 is 1.44 bits per heavy atom. The monoisotopic (exact) mass is 1490 g/mol. The maximum Gasteiger partial charge on any atom is 0.416 e. The number of alkyl halides is 3. The second kappa shape index (κ2) is 43.3. The van der Waals surface area contributed by atoms with Crippen molar-refractivity contribution in [1.29, 1.82) is 0 Å². The zero-order valence-corrected chi connectivity index (χ0v) is 65.7. The Kier molecular flexibility index (Phi) is 37.4. The van der Waals surface area contributed by atoms with Gasteiger partial charge in [0, 0.05) is 61.9 Å². The third kappa shape index (κ3) is 27.5. The van der Waals surface area contributed by atoms with Gasteiger partial charge in [0.05, 0.1) is 38.8 Å². The van der Waals surface area contributed by atoms with E-state index in [-0.39, 0.29) is 81.3 Å². The number of hydrogen-bond donors (Lipinski definition) is 6. The molecule has 4 rings (SSSR count). The fourth-order valence-electron chi connectivity index (χ4n) is 14.5. The number of amides is 12. The number of carbonyl (C=O) groups is 12. The molecule has 0 bridgehead atoms. The second-order valence-corrected chi connectivity index (χ2v) is 31.6. The predicted octanol–water partition coefficient (Wildman–Crippen LogP) is 5.01. The lowest BCUT2D eigenvalue weighted by molar-refractivity contribution is -0.217. The molecule has 105 heavy (non-hydrogen) atoms. The van der Waals surface area contributed by atoms with E-state index in [1.807, 2.05) is 27.7 Å². The first-order valence-corrected chi connectivity index (χ1v) is 38.6. The Balaban J connectivity index is 2.00. The van der Waals surface area contributed by atoms with Gasteiger partial charge >= 0.3 is 6.18 Å². The van der Waals surface area contributed by atoms with Crippen molar-refractivity contribution in [3.63, 3.8) is 0 Å². The van der Waals surface area contributed by atoms with Gasteiger partial charge in [-0.15, -0.1) is 0 Å². The minimum absolute atomic E-state index is 0.0123. The standard InChI is InChI=1S/C75H129F3N12O15/c1-17-19-33-90-43-63(95)85(13)59(40-52-31-25-21-26-32-52)72(102)87(15)56(37-47(5)6)67(97)80-54(44-105-45-60(92)75(76,77)78)70(100)86(14)55(36-46(3)4)66(96)79-53(71(101)89-34-27-22-28-35-89)41-61(93)83(11)42-62(94)84(12)58(39-51-29-23-20-24-30-51)69(99)81-64(49(9)18-2)73(103)88(16)57(38-48(7)8)68(98)82-65(50(10)91)74(90)104/h46-60,64-65,91-92H,17-45H2,1-16H3,(H,79,96)(H,80,97)(H,81,99)(H,82,98)/t49-,50+,53-,54-,55-,56-,57-,58-,59-,60?,64-,65-/m0/s1. The van der Waals surface area contributed by atoms with Gasteiger partial charge in [0.25, 0.3) is 0 Å². The molecule has 27 nitrogen and oxygen atoms in total. The maximum absolute atomic E-state index is 15.5. The number of nitrogens with zero attached hydrogens (tertiary/aromatic N) is 8. The number of likely N-dealkylation sites (N-methyl/N-ethyl adjacent to an activating group) is 6. The van der Waals surface area contributed by atoms with E-state index in [9.17, 15) is 42.6 Å². The first kappa shape index (κ1) is 90.7. The Morgan fingerprint density at radius 2 is 0.952 bits per heavy atom. The number of aliphatic hydroxyl groups excluding tert-OH is 2. The van der Waals surface area contributed by atoms with Gasteiger partial charge in [0.2, 0.25) is 70.9 Å². The molecule has 0 aromatic carbocycles. The number of nitrogens with one attached hydrogen (secondary N) is 4. The van der Waals surface area contributed by atoms with Crippen LogP contribution < -0.4 is 21.3 Å². The quantitative estimate of drug-likeness (QED) is 0.0880. The van der Waals surface area contributed by atoms with Gasteiger partial charge in [0.15, 0.2) is 6.10 Å². The largest absolute Gasteiger partial charge is 0.416 e. The molecular formula is C75H129F3N12O15. The van der Waals surface area contributed by atoms with Gasteiger partial charge in [-0.25, -0.2) is 0 Å². The van der Waals surface area contributed by atoms with Crippen LogP contribution >= 0.6 is 0 Å². The summed E-state index contributed by atoms with van der Waals surface area (Å²) in [7, 11) is 8.13. The number of likely N-dealkylation sites (tertiary alicyclic amines) is 1. The third-order valence-electron chi connectivity index (χ3n) is 21.6. The molecular weight excluding hydrogens is 1370 g/mol. The summed E-state index contributed by atoms with van der Waals surface area (Å²) in [4.78, 5) is 190. The molecule has 4 fully saturated rings. The summed E-state index contributed by atoms with van der Waals surface area (Å²) in [5, 5.41) is 32.5. The number of piperidine rings is 1. The predicted molar refractivity (Wildman–Crippen MR) is 389 cm³/mol. The fourth-order valence-corrected chi connectivity index (χ4v) is 14.5. The molecule has 2 aliphatic heterocycles. The first-order valence-electron chi connectivity index (χ1n) is 38.6. The van der Waals surface area contributed by atoms with Gasteiger partial charge in [0.1, 0.15) is 54.4 Å². The number of ether oxygens (including phenoxy) is 1. The number of carbonyl (C=O) groups excluding carboxylic acids is 12. The van der Waals surface area contributed by atoms with Crippen LogP contribution in [-0.4, -0.2) is 281 Å². The van der Waals surface area contributed by atoms with Gasteiger partial charge in [-0.1, -0.05) is 139 Å². The first-order chi connectivity index (χ1) is 49.2. The van der Waals surface area contributed by atoms with E-state index in [0.29, 0.717) is 44.9 Å². The summed E-state index contributed by atoms with van der Waals surface area (Å²) < 4.78 is 46.8. The lowest BCUT2D eigenvalue weighted by atomic mass is 9.84. The van der Waals surface area contributed by atoms with E-state index >= 15 is 38.4 Å². The maximum atomic E-state index is 15.5. The number of halogens is 3. The average molecular weight is 1500 g/mol. The molecule has 2 heterocycles. The normalized spacial score (nSPS) is 26.7. The van der Waals surface area contributed by atoms with E-state index in [1.165, 1.54) is 73.7 Å². The molecule has 2 aliphatic carbocycles. The van der Waals surface area contributed by atoms with Crippen LogP contribution in [0.2, 0.25) is 0 Å². The van der Waals surface area contributed by atoms with Crippen molar-refractivity contribution in [3.05, 3.63) is 0 Å². The molecule has 12 amide bonds. The van der Waals surface area contributed by atoms with Crippen molar-refractivity contribution < 1.29 is 85.7 Å². The lowest BCUT2D eigenvalue weighted by Gasteiger charge is -2.38. The summed E-state index contributed by atoms with van der Waals surface area (Å²) in [5.74, 6) is -11.1. The average Bonchev–Trinajstić information content (AvgIpc) is 0.821. The highest BCUT2D eigenvalue weighted by Gasteiger charge is 2.45. The second-order valence-electron chi connectivity index (χ2n) is 31.6. The minimum atomic E-state index is -5.16. The topological polar surface area (TPSA) is 329 Å². The lowest BCUT2D eigenvalue weighted by Crippen LogP contribution is -2.62. The van der Waals surface area contributed by atoms with Crippen LogP contribution in [0.4, 0.5) is 13.2 Å². The molecule has 2 saturated carbocycles. The van der Waals surface area contributed by atoms with Crippen molar-refractivity contribution in [3.8, 4) is 0 Å². The number of rotatable bonds is 21. The van der Waals surface area contributed by atoms with Crippen LogP contribution in [0.15, 0.2) is 0 Å². The van der Waals surface area contributed by atoms with Crippen LogP contribution in [0.1, 0.15) is 210 Å². The Labute approximate surface area is 621 Å². The molecule has 4 aliphatic rings. The molecule has 6 N–H and O–H groups in total. The van der Waals surface area contributed by atoms with E-state index in [2.05, 4.69) is 21.3 Å². The smallest absolute Gasteiger partial charge is 0.391 e. The zero-order chi connectivity index (χ0) is 78.9. The Morgan fingerprint density at radius 1 is 0.514 bits per heavy atom. The highest BCUT2D eigenvalue weighted by molar-refractivity contribution is 6.00. The van der Waals surface area contributed by atoms with Crippen LogP contribution in [0, 0.1) is 35.5 Å². The highest BCUT2D eigenvalue weighted by atomic mass is 19.4. The van der Waals surface area contributed by atoms with Crippen molar-refractivity contribution in [2.45, 2.75) is 283 Å². The van der Waals surface area contributed by atoms with Crippen LogP contribution in [0.3, 0.4) is 0 Å². The van der Waals surface area contributed by atoms with Crippen LogP contribution in [-0.2, 0) is 62.3 Å². The van der Waals surface area contributed by atoms with Crippen LogP contribution in [0.25, 0.3) is 0 Å². The molecule has 2 saturated heterocycles. The van der Waals surface area contributed by atoms with Crippen molar-refractivity contribution >= 4 is 70.9 Å². The molecule has 0 aromatic heterocycles. The van der Waals surface area contributed by atoms with Crippen molar-refractivity contribution in [2.24, 2.45) is 35.5 Å². The molecule has 30 heteroatoms. The zero-order valence-electron chi connectivity index (χ0n) is 65.7. The molecule has 1 unspecified atom stereocenters. The summed E-state index contributed by atoms with van der Waals surface area (Å²) in [5.41, 5.74) is 0. The number of unbranched alkanes of at least 4 members (excludes halogenated alkanes) is 1. The summed E-state index contributed by atoms with van der Waals surface area (Å²) in [6.45, 7) is 14.3. The molecule has 0 spiro atoms. The number of aliphatic hydroxyl groups is 2. The SMILES string of the molecule is CCCCN1CC(=O)N(C)[C@@H](CC2CCCCC2)C(=O)N(C)[C@@H](CC(C)C)C(=O)N[C@@H](COCC(O)C(F)(F)F)C(=O)N(C)[C@@H](CC(C)C)C(=O)N[C@H](C(=O)N2CCCCC2)CC(=O)N(C)CC(=O)N(C)[C@@H](CC2CCCCC2)C(=O)N[C@@H]([C@@H](C)CC)C(=O)N(C)[C@@H](CC(C)C)C(=O)N[C@@H]([C@@H](C)O)C1=O. The van der Waals surface area contributed by atoms with E-state index in [0.717, 1.165) is 72.5 Å². The summed E-state index contributed by atoms with van der Waals surface area (Å²) in [6, 6.07) is -13.2. The van der Waals surface area contributed by atoms with Gasteiger partial charge < -0.3 is 75.4 Å². The van der Waals surface area contributed by atoms with Gasteiger partial charge in [-0.05, 0) is 100 Å². The molecule has 12 atom stereocenters.